The zero-order valence-electron chi connectivity index (χ0n) is 10.2. The molecule has 0 aromatic carbocycles. The van der Waals surface area contributed by atoms with Crippen molar-refractivity contribution < 1.29 is 0 Å². The maximum atomic E-state index is 5.49. The van der Waals surface area contributed by atoms with Crippen molar-refractivity contribution in [1.82, 2.24) is 9.97 Å². The number of hydrogen-bond donors (Lipinski definition) is 2. The van der Waals surface area contributed by atoms with Crippen LogP contribution in [0.4, 0.5) is 5.82 Å². The molecule has 2 fully saturated rings. The Hall–Kier alpha value is -1.16. The lowest BCUT2D eigenvalue weighted by molar-refractivity contribution is 0.673. The summed E-state index contributed by atoms with van der Waals surface area (Å²) >= 11 is 0. The summed E-state index contributed by atoms with van der Waals surface area (Å²) in [5.41, 5.74) is 3.87. The first-order valence-corrected chi connectivity index (χ1v) is 6.69. The van der Waals surface area contributed by atoms with E-state index >= 15 is 0 Å². The molecule has 3 N–H and O–H groups in total. The van der Waals surface area contributed by atoms with Crippen molar-refractivity contribution in [1.29, 1.82) is 0 Å². The van der Waals surface area contributed by atoms with Crippen LogP contribution in [-0.2, 0) is 6.42 Å². The van der Waals surface area contributed by atoms with Crippen LogP contribution >= 0.6 is 0 Å². The lowest BCUT2D eigenvalue weighted by Crippen LogP contribution is -2.13. The number of anilines is 1. The van der Waals surface area contributed by atoms with Gasteiger partial charge in [0.2, 0.25) is 0 Å². The molecule has 0 unspecified atom stereocenters. The van der Waals surface area contributed by atoms with Gasteiger partial charge in [-0.25, -0.2) is 15.8 Å². The number of rotatable bonds is 4. The van der Waals surface area contributed by atoms with Crippen LogP contribution in [0.5, 0.6) is 0 Å². The van der Waals surface area contributed by atoms with Crippen molar-refractivity contribution in [3.8, 4) is 0 Å². The second-order valence-corrected chi connectivity index (χ2v) is 5.37. The summed E-state index contributed by atoms with van der Waals surface area (Å²) in [7, 11) is 0. The average Bonchev–Trinajstić information content (AvgIpc) is 2.99. The van der Waals surface area contributed by atoms with Gasteiger partial charge >= 0.3 is 0 Å². The van der Waals surface area contributed by atoms with E-state index in [4.69, 9.17) is 10.8 Å². The lowest BCUT2D eigenvalue weighted by atomic mass is 10.0. The number of nitrogen functional groups attached to an aromatic ring is 1. The zero-order chi connectivity index (χ0) is 11.7. The lowest BCUT2D eigenvalue weighted by Gasteiger charge is -2.12. The van der Waals surface area contributed by atoms with Crippen molar-refractivity contribution in [2.24, 2.45) is 11.8 Å². The highest BCUT2D eigenvalue weighted by Crippen LogP contribution is 2.35. The molecule has 0 amide bonds. The van der Waals surface area contributed by atoms with E-state index in [-0.39, 0.29) is 0 Å². The predicted octanol–water partition coefficient (Wildman–Crippen LogP) is 2.37. The van der Waals surface area contributed by atoms with Gasteiger partial charge in [0.1, 0.15) is 11.6 Å². The smallest absolute Gasteiger partial charge is 0.143 e. The van der Waals surface area contributed by atoms with Crippen LogP contribution in [-0.4, -0.2) is 9.97 Å². The van der Waals surface area contributed by atoms with E-state index in [1.807, 2.05) is 6.07 Å². The Balaban J connectivity index is 1.84. The summed E-state index contributed by atoms with van der Waals surface area (Å²) in [5.74, 6) is 8.69. The molecular weight excluding hydrogens is 212 g/mol. The third kappa shape index (κ3) is 2.57. The highest BCUT2D eigenvalue weighted by Gasteiger charge is 2.25. The molecule has 0 bridgehead atoms. The average molecular weight is 232 g/mol. The molecule has 0 atom stereocenters. The molecule has 2 aliphatic rings. The Morgan fingerprint density at radius 2 is 1.94 bits per heavy atom. The summed E-state index contributed by atoms with van der Waals surface area (Å²) in [6.07, 6.45) is 8.89. The van der Waals surface area contributed by atoms with Crippen LogP contribution in [0.2, 0.25) is 0 Å². The number of hydrazine groups is 1. The van der Waals surface area contributed by atoms with Crippen molar-refractivity contribution >= 4 is 5.82 Å². The van der Waals surface area contributed by atoms with Crippen molar-refractivity contribution in [3.05, 3.63) is 17.6 Å². The maximum absolute atomic E-state index is 5.49. The van der Waals surface area contributed by atoms with E-state index in [0.29, 0.717) is 5.92 Å². The Kier molecular flexibility index (Phi) is 2.97. The molecule has 4 heteroatoms. The van der Waals surface area contributed by atoms with Crippen LogP contribution in [0.3, 0.4) is 0 Å². The van der Waals surface area contributed by atoms with E-state index in [9.17, 15) is 0 Å². The second kappa shape index (κ2) is 4.61. The van der Waals surface area contributed by atoms with Gasteiger partial charge in [0.05, 0.1) is 0 Å². The Labute approximate surface area is 102 Å². The second-order valence-electron chi connectivity index (χ2n) is 5.37. The summed E-state index contributed by atoms with van der Waals surface area (Å²) in [6, 6.07) is 2.02. The normalized spacial score (nSPS) is 20.8. The van der Waals surface area contributed by atoms with Crippen LogP contribution in [0.1, 0.15) is 56.0 Å². The van der Waals surface area contributed by atoms with E-state index < -0.39 is 0 Å². The van der Waals surface area contributed by atoms with Crippen molar-refractivity contribution in [3.63, 3.8) is 0 Å². The molecule has 3 rings (SSSR count). The minimum atomic E-state index is 0.628. The molecule has 92 valence electrons. The summed E-state index contributed by atoms with van der Waals surface area (Å²) in [6.45, 7) is 0. The van der Waals surface area contributed by atoms with E-state index in [0.717, 1.165) is 24.0 Å². The van der Waals surface area contributed by atoms with Gasteiger partial charge in [0, 0.05) is 24.1 Å². The molecule has 2 saturated carbocycles. The highest BCUT2D eigenvalue weighted by molar-refractivity contribution is 5.36. The topological polar surface area (TPSA) is 63.8 Å². The number of nitrogens with one attached hydrogen (secondary N) is 1. The SMILES string of the molecule is NNc1cc(C2CCCC2)nc(CC2CC2)n1. The summed E-state index contributed by atoms with van der Waals surface area (Å²) < 4.78 is 0. The van der Waals surface area contributed by atoms with Crippen molar-refractivity contribution in [2.75, 3.05) is 5.43 Å². The van der Waals surface area contributed by atoms with Crippen LogP contribution in [0.15, 0.2) is 6.07 Å². The molecule has 0 saturated heterocycles. The molecule has 1 aromatic rings. The Morgan fingerprint density at radius 3 is 2.59 bits per heavy atom. The molecule has 0 spiro atoms. The highest BCUT2D eigenvalue weighted by atomic mass is 15.3. The minimum absolute atomic E-state index is 0.628. The molecule has 0 aliphatic heterocycles. The van der Waals surface area contributed by atoms with E-state index in [1.54, 1.807) is 0 Å². The zero-order valence-corrected chi connectivity index (χ0v) is 10.2. The molecule has 4 nitrogen and oxygen atoms in total. The van der Waals surface area contributed by atoms with Gasteiger partial charge in [-0.15, -0.1) is 0 Å². The quantitative estimate of drug-likeness (QED) is 0.618. The predicted molar refractivity (Wildman–Crippen MR) is 67.5 cm³/mol. The standard InChI is InChI=1S/C13H20N4/c14-17-13-8-11(10-3-1-2-4-10)15-12(16-13)7-9-5-6-9/h8-10H,1-7,14H2,(H,15,16,17). The minimum Gasteiger partial charge on any atom is -0.308 e. The first-order chi connectivity index (χ1) is 8.35. The number of nitrogens with zero attached hydrogens (tertiary/aromatic N) is 2. The molecule has 0 radical (unpaired) electrons. The van der Waals surface area contributed by atoms with Crippen LogP contribution < -0.4 is 11.3 Å². The van der Waals surface area contributed by atoms with E-state index in [1.165, 1.54) is 44.2 Å². The number of hydrogen-bond acceptors (Lipinski definition) is 4. The van der Waals surface area contributed by atoms with Gasteiger partial charge < -0.3 is 5.43 Å². The van der Waals surface area contributed by atoms with Gasteiger partial charge in [0.15, 0.2) is 0 Å². The van der Waals surface area contributed by atoms with Gasteiger partial charge in [-0.1, -0.05) is 12.8 Å². The number of aromatic nitrogens is 2. The van der Waals surface area contributed by atoms with Gasteiger partial charge in [-0.05, 0) is 31.6 Å². The van der Waals surface area contributed by atoms with Crippen molar-refractivity contribution in [2.45, 2.75) is 50.9 Å². The fourth-order valence-electron chi connectivity index (χ4n) is 2.69. The van der Waals surface area contributed by atoms with Crippen LogP contribution in [0.25, 0.3) is 0 Å². The first-order valence-electron chi connectivity index (χ1n) is 6.69. The third-order valence-electron chi connectivity index (χ3n) is 3.88. The van der Waals surface area contributed by atoms with Gasteiger partial charge in [-0.3, -0.25) is 0 Å². The fraction of sp³-hybridized carbons (Fsp3) is 0.692. The third-order valence-corrected chi connectivity index (χ3v) is 3.88. The van der Waals surface area contributed by atoms with Gasteiger partial charge in [-0.2, -0.15) is 0 Å². The summed E-state index contributed by atoms with van der Waals surface area (Å²) in [5, 5.41) is 0. The first kappa shape index (κ1) is 11.0. The molecular formula is C13H20N4. The summed E-state index contributed by atoms with van der Waals surface area (Å²) in [4.78, 5) is 9.19. The number of nitrogens with two attached hydrogens (primary N) is 1. The molecule has 17 heavy (non-hydrogen) atoms. The molecule has 1 heterocycles. The largest absolute Gasteiger partial charge is 0.308 e. The monoisotopic (exact) mass is 232 g/mol. The maximum Gasteiger partial charge on any atom is 0.143 e. The van der Waals surface area contributed by atoms with Gasteiger partial charge in [0.25, 0.3) is 0 Å². The Morgan fingerprint density at radius 1 is 1.18 bits per heavy atom. The van der Waals surface area contributed by atoms with Crippen LogP contribution in [0, 0.1) is 5.92 Å². The molecule has 2 aliphatic carbocycles. The Bertz CT molecular complexity index is 394. The van der Waals surface area contributed by atoms with E-state index in [2.05, 4.69) is 10.4 Å². The molecule has 1 aromatic heterocycles. The fourth-order valence-corrected chi connectivity index (χ4v) is 2.69.